The zero-order valence-electron chi connectivity index (χ0n) is 22.8. The minimum atomic E-state index is -0.493. The molecule has 1 amide bonds. The van der Waals surface area contributed by atoms with E-state index < -0.39 is 4.92 Å². The highest BCUT2D eigenvalue weighted by molar-refractivity contribution is 5.92. The molecule has 2 N–H and O–H groups in total. The minimum absolute atomic E-state index is 0.0183. The molecule has 3 aliphatic rings. The SMILES string of the molecule is O=C(C=Cc1cc2c(cc1[N+](=O)[O-])OCO2)NC[C@@H]1CCCC[C@H]1CN1CCC(c2[nH]nc3cc(F)ccc23)CC1. The first-order chi connectivity index (χ1) is 19.9. The van der Waals surface area contributed by atoms with Gasteiger partial charge in [0.05, 0.1) is 22.1 Å². The highest BCUT2D eigenvalue weighted by Crippen LogP contribution is 2.39. The molecule has 216 valence electrons. The maximum Gasteiger partial charge on any atom is 0.280 e. The van der Waals surface area contributed by atoms with Crippen molar-refractivity contribution in [3.8, 4) is 11.5 Å². The fourth-order valence-corrected chi connectivity index (χ4v) is 6.54. The summed E-state index contributed by atoms with van der Waals surface area (Å²) >= 11 is 0. The molecule has 10 nitrogen and oxygen atoms in total. The largest absolute Gasteiger partial charge is 0.454 e. The Kier molecular flexibility index (Phi) is 7.86. The third-order valence-electron chi connectivity index (χ3n) is 8.77. The van der Waals surface area contributed by atoms with Crippen LogP contribution in [0, 0.1) is 27.8 Å². The van der Waals surface area contributed by atoms with Crippen LogP contribution >= 0.6 is 0 Å². The molecule has 41 heavy (non-hydrogen) atoms. The summed E-state index contributed by atoms with van der Waals surface area (Å²) in [6.07, 6.45) is 9.45. The van der Waals surface area contributed by atoms with Gasteiger partial charge in [0.25, 0.3) is 5.69 Å². The lowest BCUT2D eigenvalue weighted by molar-refractivity contribution is -0.385. The normalized spacial score (nSPS) is 21.5. The number of ether oxygens (including phenoxy) is 2. The Morgan fingerprint density at radius 2 is 1.88 bits per heavy atom. The van der Waals surface area contributed by atoms with Gasteiger partial charge in [-0.3, -0.25) is 20.0 Å². The highest BCUT2D eigenvalue weighted by atomic mass is 19.1. The van der Waals surface area contributed by atoms with E-state index in [0.717, 1.165) is 62.8 Å². The number of hydrogen-bond acceptors (Lipinski definition) is 7. The standard InChI is InChI=1S/C30H34FN5O5/c31-23-6-7-24-25(14-23)33-34-30(24)19-9-11-35(12-10-19)17-22-4-2-1-3-21(22)16-32-29(37)8-5-20-13-27-28(41-18-40-27)15-26(20)36(38)39/h5-8,13-15,19,21-22H,1-4,9-12,16-18H2,(H,32,37)(H,33,34)/t21-,22-/m0/s1. The fraction of sp³-hybridized carbons (Fsp3) is 0.467. The number of amides is 1. The summed E-state index contributed by atoms with van der Waals surface area (Å²) in [4.78, 5) is 26.2. The third kappa shape index (κ3) is 6.04. The van der Waals surface area contributed by atoms with Gasteiger partial charge in [-0.2, -0.15) is 5.10 Å². The van der Waals surface area contributed by atoms with Gasteiger partial charge >= 0.3 is 0 Å². The number of aromatic amines is 1. The van der Waals surface area contributed by atoms with Crippen molar-refractivity contribution in [2.45, 2.75) is 44.4 Å². The number of nitro benzene ring substituents is 1. The molecule has 0 unspecified atom stereocenters. The van der Waals surface area contributed by atoms with Crippen LogP contribution in [0.2, 0.25) is 0 Å². The highest BCUT2D eigenvalue weighted by Gasteiger charge is 2.30. The molecule has 2 atom stereocenters. The number of benzene rings is 2. The number of H-pyrrole nitrogens is 1. The zero-order chi connectivity index (χ0) is 28.3. The van der Waals surface area contributed by atoms with Gasteiger partial charge in [0.15, 0.2) is 11.5 Å². The molecular formula is C30H34FN5O5. The average molecular weight is 564 g/mol. The van der Waals surface area contributed by atoms with Crippen LogP contribution in [0.5, 0.6) is 11.5 Å². The molecule has 2 aromatic carbocycles. The van der Waals surface area contributed by atoms with Gasteiger partial charge in [0.2, 0.25) is 12.7 Å². The first-order valence-electron chi connectivity index (χ1n) is 14.3. The lowest BCUT2D eigenvalue weighted by Crippen LogP contribution is -2.42. The molecule has 11 heteroatoms. The number of fused-ring (bicyclic) bond motifs is 2. The molecule has 3 heterocycles. The van der Waals surface area contributed by atoms with Gasteiger partial charge in [-0.25, -0.2) is 4.39 Å². The van der Waals surface area contributed by atoms with Crippen molar-refractivity contribution in [1.82, 2.24) is 20.4 Å². The lowest BCUT2D eigenvalue weighted by Gasteiger charge is -2.38. The molecule has 1 saturated heterocycles. The zero-order valence-corrected chi connectivity index (χ0v) is 22.8. The molecule has 0 bridgehead atoms. The Morgan fingerprint density at radius 3 is 2.66 bits per heavy atom. The predicted molar refractivity (Wildman–Crippen MR) is 151 cm³/mol. The first-order valence-corrected chi connectivity index (χ1v) is 14.3. The van der Waals surface area contributed by atoms with E-state index in [1.54, 1.807) is 0 Å². The number of nitro groups is 1. The number of hydrogen-bond donors (Lipinski definition) is 2. The number of carbonyl (C=O) groups is 1. The summed E-state index contributed by atoms with van der Waals surface area (Å²) in [5, 5.41) is 23.0. The van der Waals surface area contributed by atoms with Crippen LogP contribution in [0.4, 0.5) is 10.1 Å². The summed E-state index contributed by atoms with van der Waals surface area (Å²) in [6.45, 7) is 3.62. The van der Waals surface area contributed by atoms with Crippen LogP contribution in [0.15, 0.2) is 36.4 Å². The molecule has 1 aliphatic carbocycles. The fourth-order valence-electron chi connectivity index (χ4n) is 6.54. The number of halogens is 1. The van der Waals surface area contributed by atoms with E-state index >= 15 is 0 Å². The van der Waals surface area contributed by atoms with Gasteiger partial charge in [0.1, 0.15) is 5.82 Å². The van der Waals surface area contributed by atoms with Crippen molar-refractivity contribution in [3.63, 3.8) is 0 Å². The topological polar surface area (TPSA) is 123 Å². The second-order valence-corrected chi connectivity index (χ2v) is 11.3. The van der Waals surface area contributed by atoms with Crippen LogP contribution in [0.1, 0.15) is 55.7 Å². The van der Waals surface area contributed by atoms with E-state index in [-0.39, 0.29) is 24.2 Å². The van der Waals surface area contributed by atoms with Crippen LogP contribution in [-0.4, -0.2) is 58.9 Å². The number of rotatable bonds is 8. The first kappa shape index (κ1) is 27.2. The number of aromatic nitrogens is 2. The van der Waals surface area contributed by atoms with E-state index in [4.69, 9.17) is 9.47 Å². The molecule has 2 aliphatic heterocycles. The van der Waals surface area contributed by atoms with Gasteiger partial charge < -0.3 is 19.7 Å². The summed E-state index contributed by atoms with van der Waals surface area (Å²) in [6, 6.07) is 7.65. The summed E-state index contributed by atoms with van der Waals surface area (Å²) in [5.41, 5.74) is 1.95. The Balaban J connectivity index is 1.02. The number of nitrogens with one attached hydrogen (secondary N) is 2. The smallest absolute Gasteiger partial charge is 0.280 e. The molecule has 6 rings (SSSR count). The molecule has 1 aromatic heterocycles. The van der Waals surface area contributed by atoms with Crippen LogP contribution < -0.4 is 14.8 Å². The van der Waals surface area contributed by atoms with Gasteiger partial charge in [-0.05, 0) is 74.9 Å². The van der Waals surface area contributed by atoms with Crippen molar-refractivity contribution >= 4 is 28.6 Å². The molecular weight excluding hydrogens is 529 g/mol. The molecule has 3 aromatic rings. The van der Waals surface area contributed by atoms with Crippen molar-refractivity contribution in [2.75, 3.05) is 33.0 Å². The quantitative estimate of drug-likeness (QED) is 0.221. The summed E-state index contributed by atoms with van der Waals surface area (Å²) < 4.78 is 24.1. The van der Waals surface area contributed by atoms with E-state index in [0.29, 0.717) is 46.9 Å². The number of piperidine rings is 1. The van der Waals surface area contributed by atoms with E-state index in [1.807, 2.05) is 6.07 Å². The van der Waals surface area contributed by atoms with E-state index in [9.17, 15) is 19.3 Å². The maximum absolute atomic E-state index is 13.6. The number of nitrogens with zero attached hydrogens (tertiary/aromatic N) is 3. The van der Waals surface area contributed by atoms with Crippen molar-refractivity contribution in [3.05, 3.63) is 63.6 Å². The summed E-state index contributed by atoms with van der Waals surface area (Å²) in [7, 11) is 0. The van der Waals surface area contributed by atoms with Crippen LogP contribution in [0.25, 0.3) is 17.0 Å². The Labute approximate surface area is 237 Å². The molecule has 0 radical (unpaired) electrons. The average Bonchev–Trinajstić information content (AvgIpc) is 3.61. The van der Waals surface area contributed by atoms with Crippen molar-refractivity contribution < 1.29 is 23.6 Å². The maximum atomic E-state index is 13.6. The Bertz CT molecular complexity index is 1460. The van der Waals surface area contributed by atoms with Crippen molar-refractivity contribution in [1.29, 1.82) is 0 Å². The van der Waals surface area contributed by atoms with Gasteiger partial charge in [-0.1, -0.05) is 12.8 Å². The lowest BCUT2D eigenvalue weighted by atomic mass is 9.78. The molecule has 2 fully saturated rings. The summed E-state index contributed by atoms with van der Waals surface area (Å²) in [5.74, 6) is 1.51. The second kappa shape index (κ2) is 11.9. The van der Waals surface area contributed by atoms with E-state index in [2.05, 4.69) is 20.4 Å². The van der Waals surface area contributed by atoms with E-state index in [1.165, 1.54) is 42.8 Å². The number of carbonyl (C=O) groups excluding carboxylic acids is 1. The second-order valence-electron chi connectivity index (χ2n) is 11.3. The van der Waals surface area contributed by atoms with Crippen LogP contribution in [-0.2, 0) is 4.79 Å². The predicted octanol–water partition coefficient (Wildman–Crippen LogP) is 5.15. The third-order valence-corrected chi connectivity index (χ3v) is 8.77. The number of likely N-dealkylation sites (tertiary alicyclic amines) is 1. The molecule has 1 saturated carbocycles. The minimum Gasteiger partial charge on any atom is -0.454 e. The van der Waals surface area contributed by atoms with Crippen molar-refractivity contribution in [2.24, 2.45) is 11.8 Å². The van der Waals surface area contributed by atoms with Gasteiger partial charge in [0, 0.05) is 42.2 Å². The monoisotopic (exact) mass is 563 g/mol. The Hall–Kier alpha value is -3.99. The molecule has 0 spiro atoms. The Morgan fingerprint density at radius 1 is 1.12 bits per heavy atom. The van der Waals surface area contributed by atoms with Gasteiger partial charge in [-0.15, -0.1) is 0 Å². The van der Waals surface area contributed by atoms with Crippen LogP contribution in [0.3, 0.4) is 0 Å².